The van der Waals surface area contributed by atoms with Crippen LogP contribution in [0, 0.1) is 18.6 Å². The van der Waals surface area contributed by atoms with E-state index in [0.29, 0.717) is 41.7 Å². The maximum Gasteiger partial charge on any atom is 0.279 e. The Morgan fingerprint density at radius 3 is 2.66 bits per heavy atom. The zero-order valence-electron chi connectivity index (χ0n) is 19.5. The zero-order chi connectivity index (χ0) is 24.3. The monoisotopic (exact) mass is 477 g/mol. The van der Waals surface area contributed by atoms with Crippen LogP contribution in [0.5, 0.6) is 0 Å². The van der Waals surface area contributed by atoms with Gasteiger partial charge in [-0.2, -0.15) is 5.10 Å². The summed E-state index contributed by atoms with van der Waals surface area (Å²) in [7, 11) is 1.64. The number of benzene rings is 1. The zero-order valence-corrected chi connectivity index (χ0v) is 19.5. The Morgan fingerprint density at radius 2 is 1.89 bits per heavy atom. The van der Waals surface area contributed by atoms with Crippen LogP contribution in [-0.2, 0) is 11.8 Å². The smallest absolute Gasteiger partial charge is 0.279 e. The van der Waals surface area contributed by atoms with Gasteiger partial charge in [0.25, 0.3) is 5.56 Å². The van der Waals surface area contributed by atoms with Crippen molar-refractivity contribution in [3.63, 3.8) is 0 Å². The lowest BCUT2D eigenvalue weighted by atomic mass is 9.88. The van der Waals surface area contributed by atoms with E-state index in [9.17, 15) is 13.6 Å². The van der Waals surface area contributed by atoms with Crippen molar-refractivity contribution in [3.8, 4) is 11.1 Å². The largest absolute Gasteiger partial charge is 0.373 e. The predicted octanol–water partition coefficient (Wildman–Crippen LogP) is 4.75. The molecule has 3 aromatic heterocycles. The lowest BCUT2D eigenvalue weighted by Crippen LogP contribution is -2.24. The highest BCUT2D eigenvalue weighted by molar-refractivity contribution is 5.91. The van der Waals surface area contributed by atoms with E-state index in [1.807, 2.05) is 10.9 Å². The number of pyridine rings is 1. The van der Waals surface area contributed by atoms with Crippen molar-refractivity contribution < 1.29 is 13.5 Å². The lowest BCUT2D eigenvalue weighted by molar-refractivity contribution is 0.00464. The standard InChI is InChI=1S/C26H25F2N5O2/c1-14-30-24-20(19-6-3-17(27)10-21(19)28)11-22(31-25(24)26(34)32(14)2)15-7-8-35-23(9-15)16-12-29-33(13-16)18-4-5-18/h3,6,10-13,15,18,23H,4-5,7-9H2,1-2H3/t15-,23-/m0/s1. The first-order chi connectivity index (χ1) is 16.9. The average molecular weight is 478 g/mol. The third-order valence-corrected chi connectivity index (χ3v) is 7.12. The van der Waals surface area contributed by atoms with Crippen LogP contribution in [0.2, 0.25) is 0 Å². The first kappa shape index (κ1) is 22.0. The molecular formula is C26H25F2N5O2. The second-order valence-corrected chi connectivity index (χ2v) is 9.50. The molecule has 0 N–H and O–H groups in total. The Balaban J connectivity index is 1.45. The highest BCUT2D eigenvalue weighted by Gasteiger charge is 2.30. The molecule has 2 fully saturated rings. The predicted molar refractivity (Wildman–Crippen MR) is 126 cm³/mol. The van der Waals surface area contributed by atoms with Crippen molar-refractivity contribution >= 4 is 11.0 Å². The molecule has 180 valence electrons. The van der Waals surface area contributed by atoms with Gasteiger partial charge in [0.05, 0.1) is 18.3 Å². The van der Waals surface area contributed by atoms with Gasteiger partial charge >= 0.3 is 0 Å². The number of halogens is 2. The van der Waals surface area contributed by atoms with Crippen molar-refractivity contribution in [3.05, 3.63) is 75.7 Å². The van der Waals surface area contributed by atoms with Gasteiger partial charge in [-0.1, -0.05) is 0 Å². The molecule has 35 heavy (non-hydrogen) atoms. The summed E-state index contributed by atoms with van der Waals surface area (Å²) in [6, 6.07) is 5.73. The number of hydrogen-bond acceptors (Lipinski definition) is 5. The summed E-state index contributed by atoms with van der Waals surface area (Å²) in [5.41, 5.74) is 2.53. The molecule has 1 aliphatic heterocycles. The minimum atomic E-state index is -0.707. The third kappa shape index (κ3) is 3.93. The van der Waals surface area contributed by atoms with Gasteiger partial charge in [0.15, 0.2) is 5.52 Å². The van der Waals surface area contributed by atoms with E-state index in [1.165, 1.54) is 16.7 Å². The Hall–Kier alpha value is -3.46. The topological polar surface area (TPSA) is 74.8 Å². The molecule has 1 aliphatic carbocycles. The molecule has 0 spiro atoms. The van der Waals surface area contributed by atoms with E-state index >= 15 is 0 Å². The van der Waals surface area contributed by atoms with Crippen molar-refractivity contribution in [1.82, 2.24) is 24.3 Å². The van der Waals surface area contributed by atoms with Crippen LogP contribution >= 0.6 is 0 Å². The Kier molecular flexibility index (Phi) is 5.25. The van der Waals surface area contributed by atoms with Crippen molar-refractivity contribution in [2.45, 2.75) is 50.7 Å². The van der Waals surface area contributed by atoms with Gasteiger partial charge < -0.3 is 4.74 Å². The fraction of sp³-hybridized carbons (Fsp3) is 0.385. The molecule has 4 aromatic rings. The molecular weight excluding hydrogens is 452 g/mol. The first-order valence-electron chi connectivity index (χ1n) is 11.9. The Labute approximate surface area is 200 Å². The summed E-state index contributed by atoms with van der Waals surface area (Å²) < 4.78 is 38.0. The molecule has 2 atom stereocenters. The second-order valence-electron chi connectivity index (χ2n) is 9.50. The molecule has 4 heterocycles. The molecule has 0 bridgehead atoms. The molecule has 7 nitrogen and oxygen atoms in total. The minimum Gasteiger partial charge on any atom is -0.373 e. The third-order valence-electron chi connectivity index (χ3n) is 7.12. The maximum atomic E-state index is 14.9. The van der Waals surface area contributed by atoms with Crippen molar-refractivity contribution in [2.75, 3.05) is 6.61 Å². The SMILES string of the molecule is Cc1nc2c(-c3ccc(F)cc3F)cc([C@H]3CCO[C@H](c4cnn(C5CC5)c4)C3)nc2c(=O)n1C. The van der Waals surface area contributed by atoms with Gasteiger partial charge in [-0.05, 0) is 50.8 Å². The molecule has 1 saturated heterocycles. The van der Waals surface area contributed by atoms with E-state index in [1.54, 1.807) is 20.0 Å². The lowest BCUT2D eigenvalue weighted by Gasteiger charge is -2.29. The summed E-state index contributed by atoms with van der Waals surface area (Å²) >= 11 is 0. The van der Waals surface area contributed by atoms with Gasteiger partial charge in [-0.15, -0.1) is 0 Å². The normalized spacial score (nSPS) is 20.5. The number of aromatic nitrogens is 5. The quantitative estimate of drug-likeness (QED) is 0.424. The van der Waals surface area contributed by atoms with Gasteiger partial charge in [0.1, 0.15) is 23.0 Å². The van der Waals surface area contributed by atoms with E-state index < -0.39 is 11.6 Å². The molecule has 0 amide bonds. The second kappa shape index (κ2) is 8.34. The number of hydrogen-bond donors (Lipinski definition) is 0. The Bertz CT molecular complexity index is 1510. The van der Waals surface area contributed by atoms with E-state index in [4.69, 9.17) is 9.72 Å². The average Bonchev–Trinajstić information content (AvgIpc) is 3.59. The number of nitrogens with zero attached hydrogens (tertiary/aromatic N) is 5. The Morgan fingerprint density at radius 1 is 1.06 bits per heavy atom. The first-order valence-corrected chi connectivity index (χ1v) is 11.9. The van der Waals surface area contributed by atoms with Crippen LogP contribution in [0.1, 0.15) is 60.8 Å². The van der Waals surface area contributed by atoms with E-state index in [0.717, 1.165) is 30.9 Å². The van der Waals surface area contributed by atoms with Crippen LogP contribution in [0.15, 0.2) is 41.5 Å². The van der Waals surface area contributed by atoms with Crippen molar-refractivity contribution in [1.29, 1.82) is 0 Å². The van der Waals surface area contributed by atoms with Crippen LogP contribution in [-0.4, -0.2) is 30.9 Å². The highest BCUT2D eigenvalue weighted by Crippen LogP contribution is 2.40. The fourth-order valence-corrected chi connectivity index (χ4v) is 4.84. The summed E-state index contributed by atoms with van der Waals surface area (Å²) in [6.07, 6.45) is 7.48. The number of rotatable bonds is 4. The van der Waals surface area contributed by atoms with Crippen LogP contribution < -0.4 is 5.56 Å². The van der Waals surface area contributed by atoms with E-state index in [2.05, 4.69) is 16.3 Å². The number of ether oxygens (including phenoxy) is 1. The van der Waals surface area contributed by atoms with Crippen molar-refractivity contribution in [2.24, 2.45) is 7.05 Å². The van der Waals surface area contributed by atoms with Gasteiger partial charge in [-0.25, -0.2) is 18.7 Å². The molecule has 1 saturated carbocycles. The molecule has 1 aromatic carbocycles. The summed E-state index contributed by atoms with van der Waals surface area (Å²) in [6.45, 7) is 2.25. The molecule has 2 aliphatic rings. The molecule has 0 radical (unpaired) electrons. The highest BCUT2D eigenvalue weighted by atomic mass is 19.1. The fourth-order valence-electron chi connectivity index (χ4n) is 4.84. The van der Waals surface area contributed by atoms with Gasteiger partial charge in [-0.3, -0.25) is 14.0 Å². The van der Waals surface area contributed by atoms with E-state index in [-0.39, 0.29) is 28.7 Å². The summed E-state index contributed by atoms with van der Waals surface area (Å²) in [4.78, 5) is 22.4. The summed E-state index contributed by atoms with van der Waals surface area (Å²) in [5, 5.41) is 4.49. The molecule has 9 heteroatoms. The maximum absolute atomic E-state index is 14.9. The van der Waals surface area contributed by atoms with Gasteiger partial charge in [0.2, 0.25) is 0 Å². The molecule has 6 rings (SSSR count). The molecule has 0 unspecified atom stereocenters. The minimum absolute atomic E-state index is 0.00399. The van der Waals surface area contributed by atoms with Gasteiger partial charge in [0, 0.05) is 54.2 Å². The summed E-state index contributed by atoms with van der Waals surface area (Å²) in [5.74, 6) is -0.889. The number of aryl methyl sites for hydroxylation is 1. The van der Waals surface area contributed by atoms with Crippen LogP contribution in [0.3, 0.4) is 0 Å². The van der Waals surface area contributed by atoms with Crippen LogP contribution in [0.4, 0.5) is 8.78 Å². The van der Waals surface area contributed by atoms with Crippen LogP contribution in [0.25, 0.3) is 22.2 Å². The number of fused-ring (bicyclic) bond motifs is 1.